The summed E-state index contributed by atoms with van der Waals surface area (Å²) in [7, 11) is 0. The Bertz CT molecular complexity index is 397. The molecule has 18 heavy (non-hydrogen) atoms. The lowest BCUT2D eigenvalue weighted by atomic mass is 9.87. The van der Waals surface area contributed by atoms with Crippen molar-refractivity contribution in [3.05, 3.63) is 29.6 Å². The minimum absolute atomic E-state index is 0.290. The standard InChI is InChI=1S/C15H19FO2/c16-14-6-7-15(13(10-14)11-17)18-9-8-12-4-2-1-3-5-12/h6-7,10-12H,1-5,8-9H2. The first-order valence-corrected chi connectivity index (χ1v) is 6.67. The molecule has 1 fully saturated rings. The predicted molar refractivity (Wildman–Crippen MR) is 68.5 cm³/mol. The van der Waals surface area contributed by atoms with Gasteiger partial charge in [0.15, 0.2) is 6.29 Å². The van der Waals surface area contributed by atoms with Gasteiger partial charge in [0.25, 0.3) is 0 Å². The molecule has 0 atom stereocenters. The third kappa shape index (κ3) is 3.56. The average Bonchev–Trinajstić information content (AvgIpc) is 2.41. The first-order valence-electron chi connectivity index (χ1n) is 6.67. The maximum absolute atomic E-state index is 12.9. The summed E-state index contributed by atoms with van der Waals surface area (Å²) in [4.78, 5) is 10.8. The summed E-state index contributed by atoms with van der Waals surface area (Å²) < 4.78 is 18.5. The van der Waals surface area contributed by atoms with Crippen molar-refractivity contribution in [3.63, 3.8) is 0 Å². The van der Waals surface area contributed by atoms with Crippen LogP contribution in [0.5, 0.6) is 5.75 Å². The quantitative estimate of drug-likeness (QED) is 0.739. The van der Waals surface area contributed by atoms with E-state index in [4.69, 9.17) is 4.74 Å². The van der Waals surface area contributed by atoms with Crippen LogP contribution in [0.1, 0.15) is 48.9 Å². The molecule has 0 radical (unpaired) electrons. The molecule has 2 nitrogen and oxygen atoms in total. The lowest BCUT2D eigenvalue weighted by molar-refractivity contribution is 0.111. The summed E-state index contributed by atoms with van der Waals surface area (Å²) >= 11 is 0. The number of hydrogen-bond donors (Lipinski definition) is 0. The first-order chi connectivity index (χ1) is 8.79. The number of carbonyl (C=O) groups excluding carboxylic acids is 1. The van der Waals surface area contributed by atoms with Gasteiger partial charge in [-0.05, 0) is 30.5 Å². The molecule has 0 N–H and O–H groups in total. The van der Waals surface area contributed by atoms with Crippen LogP contribution < -0.4 is 4.74 Å². The Hall–Kier alpha value is -1.38. The molecule has 0 aromatic heterocycles. The zero-order chi connectivity index (χ0) is 12.8. The van der Waals surface area contributed by atoms with Crippen molar-refractivity contribution in [1.82, 2.24) is 0 Å². The molecule has 1 saturated carbocycles. The fourth-order valence-electron chi connectivity index (χ4n) is 2.55. The molecule has 0 bridgehead atoms. The van der Waals surface area contributed by atoms with Gasteiger partial charge in [0.1, 0.15) is 11.6 Å². The second-order valence-corrected chi connectivity index (χ2v) is 4.94. The van der Waals surface area contributed by atoms with E-state index >= 15 is 0 Å². The molecule has 1 aromatic rings. The van der Waals surface area contributed by atoms with Crippen molar-refractivity contribution < 1.29 is 13.9 Å². The number of aldehydes is 1. The molecule has 1 aliphatic carbocycles. The number of hydrogen-bond acceptors (Lipinski definition) is 2. The molecule has 0 unspecified atom stereocenters. The van der Waals surface area contributed by atoms with Crippen molar-refractivity contribution >= 4 is 6.29 Å². The molecule has 0 aliphatic heterocycles. The van der Waals surface area contributed by atoms with Gasteiger partial charge < -0.3 is 4.74 Å². The molecule has 2 rings (SSSR count). The number of benzene rings is 1. The van der Waals surface area contributed by atoms with Gasteiger partial charge in [0.2, 0.25) is 0 Å². The molecule has 0 spiro atoms. The van der Waals surface area contributed by atoms with Crippen molar-refractivity contribution in [2.75, 3.05) is 6.61 Å². The van der Waals surface area contributed by atoms with E-state index in [2.05, 4.69) is 0 Å². The van der Waals surface area contributed by atoms with Crippen molar-refractivity contribution in [2.24, 2.45) is 5.92 Å². The Balaban J connectivity index is 1.84. The molecular formula is C15H19FO2. The largest absolute Gasteiger partial charge is 0.493 e. The van der Waals surface area contributed by atoms with Crippen LogP contribution in [-0.2, 0) is 0 Å². The monoisotopic (exact) mass is 250 g/mol. The number of ether oxygens (including phenoxy) is 1. The van der Waals surface area contributed by atoms with Crippen molar-refractivity contribution in [3.8, 4) is 5.75 Å². The molecule has 1 aromatic carbocycles. The van der Waals surface area contributed by atoms with Crippen LogP contribution in [0.25, 0.3) is 0 Å². The van der Waals surface area contributed by atoms with Gasteiger partial charge in [0, 0.05) is 0 Å². The third-order valence-electron chi connectivity index (χ3n) is 3.61. The van der Waals surface area contributed by atoms with E-state index < -0.39 is 5.82 Å². The SMILES string of the molecule is O=Cc1cc(F)ccc1OCCC1CCCCC1. The van der Waals surface area contributed by atoms with E-state index in [-0.39, 0.29) is 0 Å². The highest BCUT2D eigenvalue weighted by atomic mass is 19.1. The number of halogens is 1. The van der Waals surface area contributed by atoms with Crippen LogP contribution in [0.4, 0.5) is 4.39 Å². The summed E-state index contributed by atoms with van der Waals surface area (Å²) in [6.07, 6.45) is 8.22. The van der Waals surface area contributed by atoms with Gasteiger partial charge in [-0.1, -0.05) is 32.1 Å². The first kappa shape index (κ1) is 13.1. The molecule has 0 amide bonds. The highest BCUT2D eigenvalue weighted by Crippen LogP contribution is 2.26. The van der Waals surface area contributed by atoms with E-state index in [0.29, 0.717) is 24.2 Å². The fraction of sp³-hybridized carbons (Fsp3) is 0.533. The third-order valence-corrected chi connectivity index (χ3v) is 3.61. The summed E-state index contributed by atoms with van der Waals surface area (Å²) in [5.74, 6) is 0.831. The minimum atomic E-state index is -0.406. The van der Waals surface area contributed by atoms with Crippen LogP contribution in [0.15, 0.2) is 18.2 Å². The van der Waals surface area contributed by atoms with Gasteiger partial charge in [-0.25, -0.2) is 4.39 Å². The molecule has 3 heteroatoms. The van der Waals surface area contributed by atoms with Gasteiger partial charge in [-0.15, -0.1) is 0 Å². The maximum Gasteiger partial charge on any atom is 0.153 e. The molecular weight excluding hydrogens is 231 g/mol. The lowest BCUT2D eigenvalue weighted by Crippen LogP contribution is -2.11. The molecule has 0 heterocycles. The number of rotatable bonds is 5. The number of carbonyl (C=O) groups is 1. The Labute approximate surface area is 107 Å². The minimum Gasteiger partial charge on any atom is -0.493 e. The van der Waals surface area contributed by atoms with Crippen LogP contribution in [0.2, 0.25) is 0 Å². The smallest absolute Gasteiger partial charge is 0.153 e. The van der Waals surface area contributed by atoms with E-state index in [1.54, 1.807) is 0 Å². The summed E-state index contributed by atoms with van der Waals surface area (Å²) in [6, 6.07) is 4.06. The van der Waals surface area contributed by atoms with Crippen molar-refractivity contribution in [1.29, 1.82) is 0 Å². The Kier molecular flexibility index (Phi) is 4.73. The van der Waals surface area contributed by atoms with E-state index in [1.807, 2.05) is 0 Å². The zero-order valence-corrected chi connectivity index (χ0v) is 10.5. The Morgan fingerprint density at radius 3 is 2.78 bits per heavy atom. The summed E-state index contributed by atoms with van der Waals surface area (Å²) in [5, 5.41) is 0. The van der Waals surface area contributed by atoms with Gasteiger partial charge in [-0.3, -0.25) is 4.79 Å². The van der Waals surface area contributed by atoms with Gasteiger partial charge in [-0.2, -0.15) is 0 Å². The van der Waals surface area contributed by atoms with Crippen LogP contribution in [0, 0.1) is 11.7 Å². The topological polar surface area (TPSA) is 26.3 Å². The Morgan fingerprint density at radius 1 is 1.28 bits per heavy atom. The average molecular weight is 250 g/mol. The van der Waals surface area contributed by atoms with Gasteiger partial charge in [0.05, 0.1) is 12.2 Å². The van der Waals surface area contributed by atoms with Gasteiger partial charge >= 0.3 is 0 Å². The zero-order valence-electron chi connectivity index (χ0n) is 10.5. The Morgan fingerprint density at radius 2 is 2.06 bits per heavy atom. The normalized spacial score (nSPS) is 16.5. The highest BCUT2D eigenvalue weighted by Gasteiger charge is 2.13. The lowest BCUT2D eigenvalue weighted by Gasteiger charge is -2.21. The fourth-order valence-corrected chi connectivity index (χ4v) is 2.55. The molecule has 98 valence electrons. The second-order valence-electron chi connectivity index (χ2n) is 4.94. The van der Waals surface area contributed by atoms with E-state index in [1.165, 1.54) is 50.3 Å². The van der Waals surface area contributed by atoms with Crippen LogP contribution in [0.3, 0.4) is 0 Å². The second kappa shape index (κ2) is 6.53. The molecule has 0 saturated heterocycles. The predicted octanol–water partition coefficient (Wildman–Crippen LogP) is 3.99. The van der Waals surface area contributed by atoms with Crippen LogP contribution in [-0.4, -0.2) is 12.9 Å². The van der Waals surface area contributed by atoms with Crippen molar-refractivity contribution in [2.45, 2.75) is 38.5 Å². The maximum atomic E-state index is 12.9. The molecule has 1 aliphatic rings. The summed E-state index contributed by atoms with van der Waals surface area (Å²) in [5.41, 5.74) is 0.290. The summed E-state index contributed by atoms with van der Waals surface area (Å²) in [6.45, 7) is 0.608. The van der Waals surface area contributed by atoms with Crippen LogP contribution >= 0.6 is 0 Å². The van der Waals surface area contributed by atoms with E-state index in [9.17, 15) is 9.18 Å². The van der Waals surface area contributed by atoms with E-state index in [0.717, 1.165) is 12.3 Å². The highest BCUT2D eigenvalue weighted by molar-refractivity contribution is 5.79.